The Morgan fingerprint density at radius 1 is 1.28 bits per heavy atom. The maximum absolute atomic E-state index is 9.62. The number of aromatic nitrogens is 2. The molecule has 1 aliphatic rings. The van der Waals surface area contributed by atoms with Gasteiger partial charge in [-0.2, -0.15) is 9.71 Å². The third kappa shape index (κ3) is 3.22. The summed E-state index contributed by atoms with van der Waals surface area (Å²) < 4.78 is 0.941. The van der Waals surface area contributed by atoms with Crippen LogP contribution in [0.25, 0.3) is 0 Å². The second kappa shape index (κ2) is 6.39. The monoisotopic (exact) mass is 251 g/mol. The van der Waals surface area contributed by atoms with Crippen LogP contribution < -0.4 is 16.3 Å². The summed E-state index contributed by atoms with van der Waals surface area (Å²) in [7, 11) is 0. The van der Waals surface area contributed by atoms with Crippen LogP contribution >= 0.6 is 0 Å². The zero-order valence-corrected chi connectivity index (χ0v) is 10.6. The Balaban J connectivity index is 2.22. The van der Waals surface area contributed by atoms with Crippen LogP contribution in [0.15, 0.2) is 17.3 Å². The first-order valence-electron chi connectivity index (χ1n) is 6.56. The highest BCUT2D eigenvalue weighted by molar-refractivity contribution is 5.36. The lowest BCUT2D eigenvalue weighted by Crippen LogP contribution is -2.30. The van der Waals surface area contributed by atoms with Crippen molar-refractivity contribution in [3.8, 4) is 0 Å². The van der Waals surface area contributed by atoms with Crippen molar-refractivity contribution in [3.05, 3.63) is 17.9 Å². The SMILES string of the molecule is NCCN=c1nc(N2CCCCCC2)ccn1O. The number of hydrogen-bond donors (Lipinski definition) is 2. The molecule has 0 aliphatic carbocycles. The molecule has 1 aromatic rings. The molecule has 6 nitrogen and oxygen atoms in total. The van der Waals surface area contributed by atoms with Crippen molar-refractivity contribution >= 4 is 5.82 Å². The smallest absolute Gasteiger partial charge is 0.260 e. The molecule has 2 heterocycles. The number of nitrogens with two attached hydrogens (primary N) is 1. The Bertz CT molecular complexity index is 434. The highest BCUT2D eigenvalue weighted by Gasteiger charge is 2.11. The maximum atomic E-state index is 9.62. The normalized spacial score (nSPS) is 17.8. The van der Waals surface area contributed by atoms with E-state index in [0.29, 0.717) is 18.7 Å². The first-order chi connectivity index (χ1) is 8.81. The van der Waals surface area contributed by atoms with Crippen LogP contribution in [0.1, 0.15) is 25.7 Å². The lowest BCUT2D eigenvalue weighted by molar-refractivity contribution is 0.166. The molecule has 3 N–H and O–H groups in total. The molecule has 0 amide bonds. The fourth-order valence-electron chi connectivity index (χ4n) is 2.14. The van der Waals surface area contributed by atoms with Crippen molar-refractivity contribution in [2.24, 2.45) is 10.7 Å². The van der Waals surface area contributed by atoms with Crippen molar-refractivity contribution < 1.29 is 5.21 Å². The summed E-state index contributed by atoms with van der Waals surface area (Å²) in [4.78, 5) is 10.8. The fraction of sp³-hybridized carbons (Fsp3) is 0.667. The molecule has 0 atom stereocenters. The van der Waals surface area contributed by atoms with Gasteiger partial charge in [0.1, 0.15) is 5.82 Å². The van der Waals surface area contributed by atoms with Gasteiger partial charge in [-0.15, -0.1) is 0 Å². The molecule has 2 rings (SSSR count). The summed E-state index contributed by atoms with van der Waals surface area (Å²) in [5.41, 5.74) is 5.73. The van der Waals surface area contributed by atoms with Crippen molar-refractivity contribution in [3.63, 3.8) is 0 Å². The van der Waals surface area contributed by atoms with Crippen LogP contribution in [0.2, 0.25) is 0 Å². The van der Waals surface area contributed by atoms with E-state index in [4.69, 9.17) is 5.73 Å². The van der Waals surface area contributed by atoms with Gasteiger partial charge in [-0.3, -0.25) is 0 Å². The summed E-state index contributed by atoms with van der Waals surface area (Å²) in [6.07, 6.45) is 6.56. The first-order valence-corrected chi connectivity index (χ1v) is 6.56. The Labute approximate surface area is 107 Å². The van der Waals surface area contributed by atoms with Crippen LogP contribution in [-0.4, -0.2) is 41.1 Å². The van der Waals surface area contributed by atoms with Gasteiger partial charge in [0.25, 0.3) is 5.62 Å². The molecule has 18 heavy (non-hydrogen) atoms. The summed E-state index contributed by atoms with van der Waals surface area (Å²) >= 11 is 0. The van der Waals surface area contributed by atoms with E-state index >= 15 is 0 Å². The Morgan fingerprint density at radius 3 is 2.67 bits per heavy atom. The van der Waals surface area contributed by atoms with Gasteiger partial charge < -0.3 is 15.8 Å². The minimum absolute atomic E-state index is 0.321. The van der Waals surface area contributed by atoms with E-state index in [0.717, 1.165) is 23.6 Å². The summed E-state index contributed by atoms with van der Waals surface area (Å²) in [5.74, 6) is 0.887. The molecule has 0 bridgehead atoms. The molecular weight excluding hydrogens is 230 g/mol. The number of anilines is 1. The minimum atomic E-state index is 0.321. The molecule has 0 spiro atoms. The predicted octanol–water partition coefficient (Wildman–Crippen LogP) is 0.360. The van der Waals surface area contributed by atoms with Gasteiger partial charge in [-0.05, 0) is 12.8 Å². The quantitative estimate of drug-likeness (QED) is 0.760. The van der Waals surface area contributed by atoms with Crippen LogP contribution in [-0.2, 0) is 0 Å². The zero-order chi connectivity index (χ0) is 12.8. The molecule has 1 saturated heterocycles. The van der Waals surface area contributed by atoms with Crippen molar-refractivity contribution in [1.29, 1.82) is 0 Å². The van der Waals surface area contributed by atoms with E-state index in [1.54, 1.807) is 6.20 Å². The van der Waals surface area contributed by atoms with E-state index in [2.05, 4.69) is 14.9 Å². The van der Waals surface area contributed by atoms with Gasteiger partial charge in [0.15, 0.2) is 0 Å². The summed E-state index contributed by atoms with van der Waals surface area (Å²) in [6.45, 7) is 2.98. The topological polar surface area (TPSA) is 79.7 Å². The standard InChI is InChI=1S/C12H21N5O/c13-6-7-14-12-15-11(5-10-17(12)18)16-8-3-1-2-4-9-16/h5,10,18H,1-4,6-9,13H2. The zero-order valence-electron chi connectivity index (χ0n) is 10.6. The average molecular weight is 251 g/mol. The number of hydrogen-bond acceptors (Lipinski definition) is 5. The predicted molar refractivity (Wildman–Crippen MR) is 69.6 cm³/mol. The lowest BCUT2D eigenvalue weighted by atomic mass is 10.2. The molecule has 0 saturated carbocycles. The van der Waals surface area contributed by atoms with E-state index in [9.17, 15) is 5.21 Å². The highest BCUT2D eigenvalue weighted by atomic mass is 16.5. The van der Waals surface area contributed by atoms with Gasteiger partial charge >= 0.3 is 0 Å². The van der Waals surface area contributed by atoms with E-state index < -0.39 is 0 Å². The first kappa shape index (κ1) is 12.9. The molecule has 1 fully saturated rings. The van der Waals surface area contributed by atoms with Gasteiger partial charge in [0.05, 0.1) is 12.7 Å². The third-order valence-corrected chi connectivity index (χ3v) is 3.10. The van der Waals surface area contributed by atoms with Gasteiger partial charge in [0, 0.05) is 25.7 Å². The molecular formula is C12H21N5O. The molecule has 100 valence electrons. The second-order valence-corrected chi connectivity index (χ2v) is 4.50. The van der Waals surface area contributed by atoms with Crippen molar-refractivity contribution in [1.82, 2.24) is 9.71 Å². The molecule has 1 aliphatic heterocycles. The Morgan fingerprint density at radius 2 is 2.00 bits per heavy atom. The largest absolute Gasteiger partial charge is 0.425 e. The van der Waals surface area contributed by atoms with E-state index in [-0.39, 0.29) is 0 Å². The van der Waals surface area contributed by atoms with Gasteiger partial charge in [0.2, 0.25) is 0 Å². The Hall–Kier alpha value is -1.56. The van der Waals surface area contributed by atoms with E-state index in [1.807, 2.05) is 6.07 Å². The van der Waals surface area contributed by atoms with Crippen molar-refractivity contribution in [2.45, 2.75) is 25.7 Å². The molecule has 0 unspecified atom stereocenters. The van der Waals surface area contributed by atoms with Crippen LogP contribution in [0.3, 0.4) is 0 Å². The second-order valence-electron chi connectivity index (χ2n) is 4.50. The summed E-state index contributed by atoms with van der Waals surface area (Å²) in [6, 6.07) is 1.83. The molecule has 1 aromatic heterocycles. The molecule has 6 heteroatoms. The van der Waals surface area contributed by atoms with Gasteiger partial charge in [-0.1, -0.05) is 12.8 Å². The van der Waals surface area contributed by atoms with Crippen LogP contribution in [0, 0.1) is 0 Å². The van der Waals surface area contributed by atoms with Crippen LogP contribution in [0.4, 0.5) is 5.82 Å². The minimum Gasteiger partial charge on any atom is -0.425 e. The average Bonchev–Trinajstić information content (AvgIpc) is 2.67. The maximum Gasteiger partial charge on any atom is 0.260 e. The Kier molecular flexibility index (Phi) is 4.58. The van der Waals surface area contributed by atoms with E-state index in [1.165, 1.54) is 25.7 Å². The number of rotatable bonds is 3. The lowest BCUT2D eigenvalue weighted by Gasteiger charge is -2.21. The molecule has 0 aromatic carbocycles. The number of nitrogens with zero attached hydrogens (tertiary/aromatic N) is 4. The van der Waals surface area contributed by atoms with Gasteiger partial charge in [-0.25, -0.2) is 4.99 Å². The molecule has 0 radical (unpaired) electrons. The van der Waals surface area contributed by atoms with Crippen LogP contribution in [0.5, 0.6) is 0 Å². The summed E-state index contributed by atoms with van der Waals surface area (Å²) in [5, 5.41) is 9.62. The fourth-order valence-corrected chi connectivity index (χ4v) is 2.14. The van der Waals surface area contributed by atoms with Crippen molar-refractivity contribution in [2.75, 3.05) is 31.1 Å². The highest BCUT2D eigenvalue weighted by Crippen LogP contribution is 2.15. The third-order valence-electron chi connectivity index (χ3n) is 3.10.